The van der Waals surface area contributed by atoms with E-state index in [9.17, 15) is 13.5 Å². The molecule has 1 fully saturated rings. The highest BCUT2D eigenvalue weighted by molar-refractivity contribution is 7.89. The van der Waals surface area contributed by atoms with E-state index in [0.717, 1.165) is 37.9 Å². The summed E-state index contributed by atoms with van der Waals surface area (Å²) in [6.45, 7) is 3.99. The molecule has 1 unspecified atom stereocenters. The fraction of sp³-hybridized carbons (Fsp3) is 0.533. The van der Waals surface area contributed by atoms with Crippen LogP contribution in [0.3, 0.4) is 0 Å². The minimum Gasteiger partial charge on any atom is -0.857 e. The van der Waals surface area contributed by atoms with Gasteiger partial charge in [-0.05, 0) is 38.3 Å². The monoisotopic (exact) mass is 323 g/mol. The highest BCUT2D eigenvalue weighted by Crippen LogP contribution is 2.25. The van der Waals surface area contributed by atoms with Gasteiger partial charge < -0.3 is 5.11 Å². The van der Waals surface area contributed by atoms with Crippen LogP contribution in [0.1, 0.15) is 24.8 Å². The van der Waals surface area contributed by atoms with Crippen LogP contribution in [0, 0.1) is 6.92 Å². The molecule has 7 heteroatoms. The number of hydrogen-bond donors (Lipinski definition) is 1. The van der Waals surface area contributed by atoms with Crippen LogP contribution in [-0.2, 0) is 10.0 Å². The van der Waals surface area contributed by atoms with Crippen LogP contribution in [0.5, 0.6) is 0 Å². The maximum Gasteiger partial charge on any atom is 0.241 e. The van der Waals surface area contributed by atoms with Gasteiger partial charge in [-0.3, -0.25) is 0 Å². The Labute approximate surface area is 131 Å². The normalized spacial score (nSPS) is 24.4. The molecule has 0 bridgehead atoms. The first-order valence-electron chi connectivity index (χ1n) is 7.62. The first-order valence-corrected chi connectivity index (χ1v) is 9.11. The van der Waals surface area contributed by atoms with Crippen LogP contribution >= 0.6 is 0 Å². The van der Waals surface area contributed by atoms with Crippen LogP contribution in [0.4, 0.5) is 0 Å². The molecule has 3 rings (SSSR count). The third-order valence-corrected chi connectivity index (χ3v) is 5.90. The largest absolute Gasteiger partial charge is 0.857 e. The van der Waals surface area contributed by atoms with Crippen molar-refractivity contribution in [1.82, 2.24) is 4.72 Å². The van der Waals surface area contributed by atoms with Crippen LogP contribution in [-0.4, -0.2) is 44.6 Å². The van der Waals surface area contributed by atoms with Gasteiger partial charge in [0.15, 0.2) is 0 Å². The molecule has 1 aromatic carbocycles. The highest BCUT2D eigenvalue weighted by Gasteiger charge is 2.40. The lowest BCUT2D eigenvalue weighted by Crippen LogP contribution is -2.52. The summed E-state index contributed by atoms with van der Waals surface area (Å²) in [6.07, 6.45) is 3.23. The van der Waals surface area contributed by atoms with Gasteiger partial charge in [0, 0.05) is 5.90 Å². The molecule has 2 aliphatic heterocycles. The maximum absolute atomic E-state index is 12.4. The van der Waals surface area contributed by atoms with Crippen molar-refractivity contribution in [3.8, 4) is 0 Å². The maximum atomic E-state index is 12.4. The van der Waals surface area contributed by atoms with Crippen molar-refractivity contribution in [2.24, 2.45) is 5.10 Å². The lowest BCUT2D eigenvalue weighted by Gasteiger charge is -2.33. The second-order valence-electron chi connectivity index (χ2n) is 6.21. The molecule has 0 amide bonds. The average molecular weight is 323 g/mol. The molecule has 1 saturated heterocycles. The third kappa shape index (κ3) is 3.02. The van der Waals surface area contributed by atoms with Gasteiger partial charge in [-0.25, -0.2) is 8.42 Å². The molecule has 1 N–H and O–H groups in total. The summed E-state index contributed by atoms with van der Waals surface area (Å²) in [6, 6.07) is 5.85. The number of aryl methyl sites for hydroxylation is 1. The van der Waals surface area contributed by atoms with Crippen LogP contribution < -0.4 is 9.83 Å². The molecule has 120 valence electrons. The Morgan fingerprint density at radius 2 is 1.82 bits per heavy atom. The molecule has 1 aromatic rings. The zero-order valence-electron chi connectivity index (χ0n) is 12.7. The van der Waals surface area contributed by atoms with E-state index in [4.69, 9.17) is 0 Å². The van der Waals surface area contributed by atoms with Gasteiger partial charge in [0.2, 0.25) is 10.0 Å². The number of piperidine rings is 1. The summed E-state index contributed by atoms with van der Waals surface area (Å²) in [4.78, 5) is 0.183. The smallest absolute Gasteiger partial charge is 0.241 e. The van der Waals surface area contributed by atoms with Gasteiger partial charge in [0.1, 0.15) is 25.7 Å². The Kier molecular flexibility index (Phi) is 3.96. The fourth-order valence-corrected chi connectivity index (χ4v) is 4.36. The van der Waals surface area contributed by atoms with E-state index in [1.54, 1.807) is 24.3 Å². The SMILES string of the molecule is Cc1ccc(S(=O)(=O)NC2C[N+]3(CCCCC3)N=C2[O-])cc1. The zero-order chi connectivity index (χ0) is 15.8. The van der Waals surface area contributed by atoms with Gasteiger partial charge in [0.25, 0.3) is 0 Å². The van der Waals surface area contributed by atoms with Gasteiger partial charge in [0.05, 0.1) is 4.90 Å². The van der Waals surface area contributed by atoms with Crippen molar-refractivity contribution in [1.29, 1.82) is 0 Å². The minimum absolute atomic E-state index is 0.183. The van der Waals surface area contributed by atoms with Gasteiger partial charge >= 0.3 is 0 Å². The number of benzene rings is 1. The molecule has 1 atom stereocenters. The zero-order valence-corrected chi connectivity index (χ0v) is 13.5. The topological polar surface area (TPSA) is 81.6 Å². The van der Waals surface area contributed by atoms with Crippen LogP contribution in [0.25, 0.3) is 0 Å². The third-order valence-electron chi connectivity index (χ3n) is 4.41. The molecular formula is C15H21N3O3S. The molecular weight excluding hydrogens is 302 g/mol. The van der Waals surface area contributed by atoms with E-state index in [-0.39, 0.29) is 10.8 Å². The summed E-state index contributed by atoms with van der Waals surface area (Å²) < 4.78 is 27.7. The molecule has 22 heavy (non-hydrogen) atoms. The quantitative estimate of drug-likeness (QED) is 0.814. The molecule has 0 saturated carbocycles. The van der Waals surface area contributed by atoms with Crippen molar-refractivity contribution in [3.63, 3.8) is 0 Å². The number of rotatable bonds is 3. The van der Waals surface area contributed by atoms with Crippen molar-refractivity contribution >= 4 is 15.9 Å². The Morgan fingerprint density at radius 1 is 1.18 bits per heavy atom. The second-order valence-corrected chi connectivity index (χ2v) is 7.92. The van der Waals surface area contributed by atoms with E-state index in [0.29, 0.717) is 11.1 Å². The van der Waals surface area contributed by atoms with E-state index in [1.165, 1.54) is 0 Å². The first-order chi connectivity index (χ1) is 10.4. The van der Waals surface area contributed by atoms with Crippen LogP contribution in [0.2, 0.25) is 0 Å². The predicted molar refractivity (Wildman–Crippen MR) is 81.4 cm³/mol. The van der Waals surface area contributed by atoms with E-state index in [1.807, 2.05) is 6.92 Å². The average Bonchev–Trinajstić information content (AvgIpc) is 2.75. The van der Waals surface area contributed by atoms with E-state index >= 15 is 0 Å². The van der Waals surface area contributed by atoms with Gasteiger partial charge in [-0.15, -0.1) is 5.10 Å². The summed E-state index contributed by atoms with van der Waals surface area (Å²) in [7, 11) is -3.69. The van der Waals surface area contributed by atoms with Gasteiger partial charge in [-0.1, -0.05) is 17.7 Å². The predicted octanol–water partition coefficient (Wildman–Crippen LogP) is 0.330. The Bertz CT molecular complexity index is 676. The highest BCUT2D eigenvalue weighted by atomic mass is 32.2. The number of hydrogen-bond acceptors (Lipinski definition) is 4. The van der Waals surface area contributed by atoms with Crippen molar-refractivity contribution in [2.45, 2.75) is 37.1 Å². The Hall–Kier alpha value is -1.44. The Morgan fingerprint density at radius 3 is 2.45 bits per heavy atom. The Balaban J connectivity index is 1.76. The number of nitrogens with zero attached hydrogens (tertiary/aromatic N) is 2. The van der Waals surface area contributed by atoms with E-state index in [2.05, 4.69) is 9.82 Å². The van der Waals surface area contributed by atoms with E-state index < -0.39 is 16.1 Å². The van der Waals surface area contributed by atoms with Gasteiger partial charge in [-0.2, -0.15) is 9.31 Å². The first kappa shape index (κ1) is 15.5. The summed E-state index contributed by atoms with van der Waals surface area (Å²) >= 11 is 0. The number of sulfonamides is 1. The lowest BCUT2D eigenvalue weighted by molar-refractivity contribution is -0.934. The lowest BCUT2D eigenvalue weighted by atomic mass is 10.1. The number of quaternary nitrogens is 1. The fourth-order valence-electron chi connectivity index (χ4n) is 3.18. The minimum atomic E-state index is -3.69. The molecule has 0 aliphatic carbocycles. The summed E-state index contributed by atoms with van der Waals surface area (Å²) in [5.74, 6) is -0.349. The standard InChI is InChI=1S/C15H21N3O3S/c1-12-5-7-13(8-6-12)22(20,21)17-14-11-18(16-15(14)19)9-3-2-4-10-18/h5-8,14,17H,2-4,9-11H2,1H3. The van der Waals surface area contributed by atoms with Crippen LogP contribution in [0.15, 0.2) is 34.3 Å². The molecule has 6 nitrogen and oxygen atoms in total. The molecule has 0 aromatic heterocycles. The summed E-state index contributed by atoms with van der Waals surface area (Å²) in [5, 5.41) is 16.3. The number of nitrogens with one attached hydrogen (secondary N) is 1. The van der Waals surface area contributed by atoms with Crippen molar-refractivity contribution < 1.29 is 18.1 Å². The molecule has 2 aliphatic rings. The molecule has 0 radical (unpaired) electrons. The van der Waals surface area contributed by atoms with Crippen molar-refractivity contribution in [2.75, 3.05) is 19.6 Å². The molecule has 1 spiro atoms. The molecule has 2 heterocycles. The van der Waals surface area contributed by atoms with Crippen molar-refractivity contribution in [3.05, 3.63) is 29.8 Å². The second kappa shape index (κ2) is 5.64. The summed E-state index contributed by atoms with van der Waals surface area (Å²) in [5.41, 5.74) is 0.990.